The number of halogens is 3. The standard InChI is InChI=1S/C13H10Br2FNO3S/c1-20-13-6-8(2-4-11(13)15)17-21(18,19)9-3-5-10(14)12(16)7-9/h2-7,17H,1H3. The largest absolute Gasteiger partial charge is 0.495 e. The smallest absolute Gasteiger partial charge is 0.261 e. The van der Waals surface area contributed by atoms with Crippen LogP contribution in [0.2, 0.25) is 0 Å². The molecular formula is C13H10Br2FNO3S. The van der Waals surface area contributed by atoms with E-state index in [1.54, 1.807) is 12.1 Å². The summed E-state index contributed by atoms with van der Waals surface area (Å²) in [7, 11) is -2.40. The van der Waals surface area contributed by atoms with E-state index in [2.05, 4.69) is 36.6 Å². The summed E-state index contributed by atoms with van der Waals surface area (Å²) in [5.74, 6) is -0.163. The molecule has 1 N–H and O–H groups in total. The Morgan fingerprint density at radius 3 is 2.38 bits per heavy atom. The van der Waals surface area contributed by atoms with Gasteiger partial charge in [-0.2, -0.15) is 0 Å². The van der Waals surface area contributed by atoms with Crippen molar-refractivity contribution in [2.24, 2.45) is 0 Å². The van der Waals surface area contributed by atoms with E-state index >= 15 is 0 Å². The quantitative estimate of drug-likeness (QED) is 0.779. The number of hydrogen-bond acceptors (Lipinski definition) is 3. The van der Waals surface area contributed by atoms with E-state index in [-0.39, 0.29) is 9.37 Å². The van der Waals surface area contributed by atoms with Crippen LogP contribution in [-0.4, -0.2) is 15.5 Å². The van der Waals surface area contributed by atoms with Crippen molar-refractivity contribution in [2.75, 3.05) is 11.8 Å². The maximum atomic E-state index is 13.5. The van der Waals surface area contributed by atoms with Crippen LogP contribution in [-0.2, 0) is 10.0 Å². The van der Waals surface area contributed by atoms with Gasteiger partial charge in [0, 0.05) is 6.07 Å². The zero-order valence-corrected chi connectivity index (χ0v) is 14.7. The molecule has 0 aliphatic heterocycles. The fourth-order valence-electron chi connectivity index (χ4n) is 1.58. The predicted octanol–water partition coefficient (Wildman–Crippen LogP) is 4.16. The van der Waals surface area contributed by atoms with Gasteiger partial charge in [0.15, 0.2) is 0 Å². The summed E-state index contributed by atoms with van der Waals surface area (Å²) < 4.78 is 46.2. The lowest BCUT2D eigenvalue weighted by atomic mass is 10.3. The van der Waals surface area contributed by atoms with Crippen LogP contribution in [0.1, 0.15) is 0 Å². The second-order valence-corrected chi connectivity index (χ2v) is 7.42. The molecule has 0 fully saturated rings. The van der Waals surface area contributed by atoms with E-state index in [0.717, 1.165) is 6.07 Å². The summed E-state index contributed by atoms with van der Waals surface area (Å²) in [6.07, 6.45) is 0. The fraction of sp³-hybridized carbons (Fsp3) is 0.0769. The monoisotopic (exact) mass is 437 g/mol. The number of sulfonamides is 1. The summed E-state index contributed by atoms with van der Waals surface area (Å²) in [5.41, 5.74) is 0.318. The van der Waals surface area contributed by atoms with Gasteiger partial charge in [-0.15, -0.1) is 0 Å². The third kappa shape index (κ3) is 3.75. The highest BCUT2D eigenvalue weighted by Crippen LogP contribution is 2.29. The molecule has 2 aromatic rings. The molecule has 0 unspecified atom stereocenters. The van der Waals surface area contributed by atoms with Gasteiger partial charge >= 0.3 is 0 Å². The van der Waals surface area contributed by atoms with Gasteiger partial charge < -0.3 is 4.74 Å². The maximum Gasteiger partial charge on any atom is 0.261 e. The van der Waals surface area contributed by atoms with Gasteiger partial charge in [0.05, 0.1) is 26.6 Å². The number of benzene rings is 2. The highest BCUT2D eigenvalue weighted by atomic mass is 79.9. The van der Waals surface area contributed by atoms with E-state index in [9.17, 15) is 12.8 Å². The second kappa shape index (κ2) is 6.33. The first kappa shape index (κ1) is 16.3. The van der Waals surface area contributed by atoms with E-state index < -0.39 is 15.8 Å². The van der Waals surface area contributed by atoms with E-state index in [4.69, 9.17) is 4.74 Å². The summed E-state index contributed by atoms with van der Waals surface area (Å²) in [6, 6.07) is 8.34. The molecule has 0 bridgehead atoms. The van der Waals surface area contributed by atoms with Crippen LogP contribution in [0.15, 0.2) is 50.2 Å². The fourth-order valence-corrected chi connectivity index (χ4v) is 3.30. The Balaban J connectivity index is 2.35. The van der Waals surface area contributed by atoms with Crippen LogP contribution < -0.4 is 9.46 Å². The van der Waals surface area contributed by atoms with Crippen LogP contribution in [0.4, 0.5) is 10.1 Å². The first-order valence-corrected chi connectivity index (χ1v) is 8.72. The van der Waals surface area contributed by atoms with Gasteiger partial charge in [0.25, 0.3) is 10.0 Å². The maximum absolute atomic E-state index is 13.5. The molecule has 112 valence electrons. The second-order valence-electron chi connectivity index (χ2n) is 4.03. The Morgan fingerprint density at radius 2 is 1.76 bits per heavy atom. The van der Waals surface area contributed by atoms with Gasteiger partial charge in [-0.3, -0.25) is 4.72 Å². The molecule has 0 aliphatic rings. The molecule has 0 aliphatic carbocycles. The number of methoxy groups -OCH3 is 1. The molecule has 0 aromatic heterocycles. The number of anilines is 1. The van der Waals surface area contributed by atoms with Gasteiger partial charge in [0.2, 0.25) is 0 Å². The van der Waals surface area contributed by atoms with Crippen molar-refractivity contribution in [3.8, 4) is 5.75 Å². The normalized spacial score (nSPS) is 11.2. The molecule has 0 spiro atoms. The van der Waals surface area contributed by atoms with Gasteiger partial charge in [0.1, 0.15) is 11.6 Å². The van der Waals surface area contributed by atoms with Crippen molar-refractivity contribution in [1.29, 1.82) is 0 Å². The lowest BCUT2D eigenvalue weighted by molar-refractivity contribution is 0.412. The Bertz CT molecular complexity index is 781. The topological polar surface area (TPSA) is 55.4 Å². The SMILES string of the molecule is COc1cc(NS(=O)(=O)c2ccc(Br)c(F)c2)ccc1Br. The van der Waals surface area contributed by atoms with Crippen molar-refractivity contribution in [3.63, 3.8) is 0 Å². The van der Waals surface area contributed by atoms with Crippen molar-refractivity contribution in [2.45, 2.75) is 4.90 Å². The molecule has 0 saturated carbocycles. The third-order valence-corrected chi connectivity index (χ3v) is 5.28. The van der Waals surface area contributed by atoms with E-state index in [1.165, 1.54) is 25.3 Å². The van der Waals surface area contributed by atoms with Crippen LogP contribution in [0, 0.1) is 5.82 Å². The molecular weight excluding hydrogens is 429 g/mol. The lowest BCUT2D eigenvalue weighted by Crippen LogP contribution is -2.13. The molecule has 0 heterocycles. The van der Waals surface area contributed by atoms with Crippen LogP contribution in [0.25, 0.3) is 0 Å². The number of nitrogens with one attached hydrogen (secondary N) is 1. The van der Waals surface area contributed by atoms with E-state index in [0.29, 0.717) is 15.9 Å². The minimum absolute atomic E-state index is 0.162. The van der Waals surface area contributed by atoms with Gasteiger partial charge in [-0.1, -0.05) is 0 Å². The van der Waals surface area contributed by atoms with Gasteiger partial charge in [-0.25, -0.2) is 12.8 Å². The summed E-state index contributed by atoms with van der Waals surface area (Å²) >= 11 is 6.25. The molecule has 21 heavy (non-hydrogen) atoms. The molecule has 8 heteroatoms. The molecule has 0 radical (unpaired) electrons. The van der Waals surface area contributed by atoms with E-state index in [1.807, 2.05) is 0 Å². The Kier molecular flexibility index (Phi) is 4.90. The molecule has 0 atom stereocenters. The number of rotatable bonds is 4. The Hall–Kier alpha value is -1.12. The first-order valence-electron chi connectivity index (χ1n) is 5.65. The van der Waals surface area contributed by atoms with Crippen molar-refractivity contribution in [1.82, 2.24) is 0 Å². The summed E-state index contributed by atoms with van der Waals surface area (Å²) in [5, 5.41) is 0. The van der Waals surface area contributed by atoms with Gasteiger partial charge in [-0.05, 0) is 62.2 Å². The minimum atomic E-state index is -3.87. The predicted molar refractivity (Wildman–Crippen MR) is 85.6 cm³/mol. The molecule has 0 saturated heterocycles. The molecule has 2 rings (SSSR count). The van der Waals surface area contributed by atoms with Crippen molar-refractivity contribution < 1.29 is 17.5 Å². The van der Waals surface area contributed by atoms with Crippen molar-refractivity contribution in [3.05, 3.63) is 51.2 Å². The Morgan fingerprint density at radius 1 is 1.10 bits per heavy atom. The average molecular weight is 439 g/mol. The summed E-state index contributed by atoms with van der Waals surface area (Å²) in [4.78, 5) is -0.162. The highest BCUT2D eigenvalue weighted by Gasteiger charge is 2.16. The highest BCUT2D eigenvalue weighted by molar-refractivity contribution is 9.10. The minimum Gasteiger partial charge on any atom is -0.495 e. The number of hydrogen-bond donors (Lipinski definition) is 1. The molecule has 0 amide bonds. The lowest BCUT2D eigenvalue weighted by Gasteiger charge is -2.10. The van der Waals surface area contributed by atoms with Crippen LogP contribution in [0.3, 0.4) is 0 Å². The Labute approximate surface area is 138 Å². The zero-order chi connectivity index (χ0) is 15.6. The molecule has 4 nitrogen and oxygen atoms in total. The first-order chi connectivity index (χ1) is 9.83. The van der Waals surface area contributed by atoms with Crippen LogP contribution in [0.5, 0.6) is 5.75 Å². The molecule has 2 aromatic carbocycles. The zero-order valence-electron chi connectivity index (χ0n) is 10.7. The van der Waals surface area contributed by atoms with Crippen molar-refractivity contribution >= 4 is 47.6 Å². The van der Waals surface area contributed by atoms with Crippen LogP contribution >= 0.6 is 31.9 Å². The average Bonchev–Trinajstić information content (AvgIpc) is 2.43. The third-order valence-electron chi connectivity index (χ3n) is 2.60. The summed E-state index contributed by atoms with van der Waals surface area (Å²) in [6.45, 7) is 0. The number of ether oxygens (including phenoxy) is 1.